The molecule has 4 N–H and O–H groups in total. The second-order valence-electron chi connectivity index (χ2n) is 5.42. The molecule has 4 atom stereocenters. The topological polar surface area (TPSA) is 145 Å². The Hall–Kier alpha value is -2.49. The van der Waals surface area contributed by atoms with Crippen LogP contribution in [0.3, 0.4) is 0 Å². The average molecular weight is 329 g/mol. The SMILES string of the molecule is C[C@H]1O[C@@H](n2cc(F)c(N)nc2=O)[C@H](CC(=O)O)[C@H]1CC(=O)O. The van der Waals surface area contributed by atoms with Crippen LogP contribution in [0.2, 0.25) is 0 Å². The summed E-state index contributed by atoms with van der Waals surface area (Å²) in [5.74, 6) is -5.27. The maximum atomic E-state index is 13.6. The van der Waals surface area contributed by atoms with Crippen molar-refractivity contribution in [1.29, 1.82) is 0 Å². The third-order valence-corrected chi connectivity index (χ3v) is 3.90. The minimum absolute atomic E-state index is 0.324. The molecule has 1 saturated heterocycles. The van der Waals surface area contributed by atoms with Crippen molar-refractivity contribution in [3.63, 3.8) is 0 Å². The van der Waals surface area contributed by atoms with E-state index in [-0.39, 0.29) is 6.42 Å². The molecule has 2 heterocycles. The molecule has 1 fully saturated rings. The van der Waals surface area contributed by atoms with Gasteiger partial charge in [0.25, 0.3) is 0 Å². The van der Waals surface area contributed by atoms with Gasteiger partial charge in [-0.25, -0.2) is 9.18 Å². The highest BCUT2D eigenvalue weighted by atomic mass is 19.1. The van der Waals surface area contributed by atoms with Gasteiger partial charge in [-0.1, -0.05) is 0 Å². The first-order valence-electron chi connectivity index (χ1n) is 6.84. The molecule has 2 rings (SSSR count). The number of aliphatic carboxylic acids is 2. The van der Waals surface area contributed by atoms with E-state index in [2.05, 4.69) is 4.98 Å². The quantitative estimate of drug-likeness (QED) is 0.688. The lowest BCUT2D eigenvalue weighted by Crippen LogP contribution is -2.33. The van der Waals surface area contributed by atoms with Crippen molar-refractivity contribution in [2.45, 2.75) is 32.1 Å². The minimum Gasteiger partial charge on any atom is -0.481 e. The van der Waals surface area contributed by atoms with Crippen LogP contribution in [0, 0.1) is 17.7 Å². The Balaban J connectivity index is 2.43. The van der Waals surface area contributed by atoms with Crippen molar-refractivity contribution in [3.05, 3.63) is 22.5 Å². The van der Waals surface area contributed by atoms with Crippen LogP contribution in [-0.2, 0) is 14.3 Å². The van der Waals surface area contributed by atoms with E-state index >= 15 is 0 Å². The van der Waals surface area contributed by atoms with Gasteiger partial charge < -0.3 is 20.7 Å². The van der Waals surface area contributed by atoms with Gasteiger partial charge in [-0.05, 0) is 6.92 Å². The molecule has 1 aliphatic heterocycles. The van der Waals surface area contributed by atoms with Crippen LogP contribution >= 0.6 is 0 Å². The fourth-order valence-electron chi connectivity index (χ4n) is 2.87. The van der Waals surface area contributed by atoms with Crippen LogP contribution in [0.5, 0.6) is 0 Å². The summed E-state index contributed by atoms with van der Waals surface area (Å²) >= 11 is 0. The molecule has 0 radical (unpaired) electrons. The predicted octanol–water partition coefficient (Wildman–Crippen LogP) is 0.0637. The number of carboxylic acid groups (broad SMARTS) is 2. The number of nitrogens with two attached hydrogens (primary N) is 1. The van der Waals surface area contributed by atoms with Crippen molar-refractivity contribution in [2.75, 3.05) is 5.73 Å². The second kappa shape index (κ2) is 6.32. The molecule has 1 aromatic rings. The fraction of sp³-hybridized carbons (Fsp3) is 0.538. The monoisotopic (exact) mass is 329 g/mol. The lowest BCUT2D eigenvalue weighted by atomic mass is 9.84. The molecular formula is C13H16FN3O6. The Morgan fingerprint density at radius 1 is 1.35 bits per heavy atom. The molecule has 0 aromatic carbocycles. The van der Waals surface area contributed by atoms with Crippen LogP contribution in [0.25, 0.3) is 0 Å². The van der Waals surface area contributed by atoms with E-state index in [0.717, 1.165) is 10.8 Å². The number of hydrogen-bond donors (Lipinski definition) is 3. The zero-order valence-corrected chi connectivity index (χ0v) is 12.2. The Labute approximate surface area is 129 Å². The fourth-order valence-corrected chi connectivity index (χ4v) is 2.87. The summed E-state index contributed by atoms with van der Waals surface area (Å²) in [5, 5.41) is 18.0. The predicted molar refractivity (Wildman–Crippen MR) is 73.9 cm³/mol. The number of ether oxygens (including phenoxy) is 1. The van der Waals surface area contributed by atoms with E-state index < -0.39 is 59.9 Å². The van der Waals surface area contributed by atoms with E-state index in [1.54, 1.807) is 6.92 Å². The number of hydrogen-bond acceptors (Lipinski definition) is 6. The lowest BCUT2D eigenvalue weighted by molar-refractivity contribution is -0.142. The van der Waals surface area contributed by atoms with E-state index in [1.165, 1.54) is 0 Å². The van der Waals surface area contributed by atoms with Gasteiger partial charge in [0.15, 0.2) is 11.6 Å². The summed E-state index contributed by atoms with van der Waals surface area (Å²) in [6, 6.07) is 0. The smallest absolute Gasteiger partial charge is 0.351 e. The number of nitrogens with zero attached hydrogens (tertiary/aromatic N) is 2. The molecule has 0 bridgehead atoms. The maximum absolute atomic E-state index is 13.6. The van der Waals surface area contributed by atoms with Gasteiger partial charge in [0, 0.05) is 11.8 Å². The van der Waals surface area contributed by atoms with E-state index in [4.69, 9.17) is 20.7 Å². The molecular weight excluding hydrogens is 313 g/mol. The largest absolute Gasteiger partial charge is 0.481 e. The number of carbonyl (C=O) groups is 2. The van der Waals surface area contributed by atoms with E-state index in [9.17, 15) is 18.8 Å². The lowest BCUT2D eigenvalue weighted by Gasteiger charge is -2.22. The van der Waals surface area contributed by atoms with Crippen molar-refractivity contribution in [1.82, 2.24) is 9.55 Å². The van der Waals surface area contributed by atoms with E-state index in [0.29, 0.717) is 0 Å². The molecule has 23 heavy (non-hydrogen) atoms. The molecule has 126 valence electrons. The molecule has 1 aliphatic rings. The average Bonchev–Trinajstić information content (AvgIpc) is 2.70. The number of nitrogen functional groups attached to an aromatic ring is 1. The van der Waals surface area contributed by atoms with Gasteiger partial charge in [-0.2, -0.15) is 4.98 Å². The number of halogens is 1. The zero-order chi connectivity index (χ0) is 17.3. The number of anilines is 1. The van der Waals surface area contributed by atoms with Gasteiger partial charge in [0.2, 0.25) is 0 Å². The Morgan fingerprint density at radius 3 is 2.48 bits per heavy atom. The van der Waals surface area contributed by atoms with Gasteiger partial charge in [-0.3, -0.25) is 14.2 Å². The summed E-state index contributed by atoms with van der Waals surface area (Å²) in [5.41, 5.74) is 4.32. The third kappa shape index (κ3) is 3.47. The number of rotatable bonds is 5. The van der Waals surface area contributed by atoms with Gasteiger partial charge in [0.1, 0.15) is 6.23 Å². The molecule has 1 aromatic heterocycles. The van der Waals surface area contributed by atoms with Crippen LogP contribution in [0.1, 0.15) is 26.0 Å². The Bertz CT molecular complexity index is 691. The summed E-state index contributed by atoms with van der Waals surface area (Å²) in [6.07, 6.45) is -1.70. The van der Waals surface area contributed by atoms with Crippen molar-refractivity contribution in [3.8, 4) is 0 Å². The molecule has 0 spiro atoms. The Kier molecular flexibility index (Phi) is 4.64. The second-order valence-corrected chi connectivity index (χ2v) is 5.42. The molecule has 0 amide bonds. The molecule has 9 nitrogen and oxygen atoms in total. The van der Waals surface area contributed by atoms with Crippen molar-refractivity contribution < 1.29 is 28.9 Å². The van der Waals surface area contributed by atoms with Gasteiger partial charge >= 0.3 is 17.6 Å². The molecule has 0 unspecified atom stereocenters. The van der Waals surface area contributed by atoms with Crippen LogP contribution in [0.15, 0.2) is 11.0 Å². The highest BCUT2D eigenvalue weighted by Gasteiger charge is 2.45. The standard InChI is InChI=1S/C13H16FN3O6/c1-5-6(2-9(18)19)7(3-10(20)21)12(23-5)17-4-8(14)11(15)16-13(17)22/h4-7,12H,2-3H2,1H3,(H,18,19)(H,20,21)(H2,15,16,22)/t5-,6+,7-,12-/m1/s1. The zero-order valence-electron chi connectivity index (χ0n) is 12.2. The maximum Gasteiger partial charge on any atom is 0.351 e. The summed E-state index contributed by atoms with van der Waals surface area (Å²) in [6.45, 7) is 1.58. The van der Waals surface area contributed by atoms with Crippen LogP contribution in [-0.4, -0.2) is 37.8 Å². The van der Waals surface area contributed by atoms with Crippen LogP contribution in [0.4, 0.5) is 10.2 Å². The molecule has 10 heteroatoms. The first-order valence-corrected chi connectivity index (χ1v) is 6.84. The highest BCUT2D eigenvalue weighted by molar-refractivity contribution is 5.69. The first-order chi connectivity index (χ1) is 10.7. The number of aromatic nitrogens is 2. The van der Waals surface area contributed by atoms with Crippen molar-refractivity contribution >= 4 is 17.8 Å². The highest BCUT2D eigenvalue weighted by Crippen LogP contribution is 2.42. The molecule has 0 aliphatic carbocycles. The minimum atomic E-state index is -1.18. The first kappa shape index (κ1) is 16.9. The summed E-state index contributed by atoms with van der Waals surface area (Å²) in [7, 11) is 0. The number of carboxylic acids is 2. The normalized spacial score (nSPS) is 27.0. The Morgan fingerprint density at radius 2 is 1.91 bits per heavy atom. The van der Waals surface area contributed by atoms with E-state index in [1.807, 2.05) is 0 Å². The third-order valence-electron chi connectivity index (χ3n) is 3.90. The van der Waals surface area contributed by atoms with Gasteiger partial charge in [-0.15, -0.1) is 0 Å². The molecule has 0 saturated carbocycles. The summed E-state index contributed by atoms with van der Waals surface area (Å²) < 4.78 is 19.9. The van der Waals surface area contributed by atoms with Crippen molar-refractivity contribution in [2.24, 2.45) is 11.8 Å². The van der Waals surface area contributed by atoms with Gasteiger partial charge in [0.05, 0.1) is 25.1 Å². The van der Waals surface area contributed by atoms with Crippen LogP contribution < -0.4 is 11.4 Å². The summed E-state index contributed by atoms with van der Waals surface area (Å²) in [4.78, 5) is 37.3.